The van der Waals surface area contributed by atoms with E-state index in [1.54, 1.807) is 20.9 Å². The number of aromatic nitrogens is 3. The number of thioether (sulfide) groups is 1. The van der Waals surface area contributed by atoms with Crippen LogP contribution in [0.1, 0.15) is 25.1 Å². The zero-order valence-electron chi connectivity index (χ0n) is 14.3. The summed E-state index contributed by atoms with van der Waals surface area (Å²) in [6.45, 7) is 1.84. The summed E-state index contributed by atoms with van der Waals surface area (Å²) in [5.41, 5.74) is 2.64. The number of carbonyl (C=O) groups is 1. The Morgan fingerprint density at radius 3 is 2.88 bits per heavy atom. The second-order valence-corrected chi connectivity index (χ2v) is 7.40. The Kier molecular flexibility index (Phi) is 4.37. The molecule has 3 heterocycles. The van der Waals surface area contributed by atoms with Crippen LogP contribution in [0.25, 0.3) is 11.3 Å². The maximum Gasteiger partial charge on any atom is 0.325 e. The Balaban J connectivity index is 2.09. The second kappa shape index (κ2) is 6.69. The second-order valence-electron chi connectivity index (χ2n) is 5.82. The molecule has 1 aromatic carbocycles. The lowest BCUT2D eigenvalue weighted by Crippen LogP contribution is -2.60. The van der Waals surface area contributed by atoms with Crippen molar-refractivity contribution in [1.29, 1.82) is 0 Å². The van der Waals surface area contributed by atoms with Gasteiger partial charge in [-0.1, -0.05) is 30.8 Å². The minimum absolute atomic E-state index is 0.0143. The van der Waals surface area contributed by atoms with Gasteiger partial charge in [0.2, 0.25) is 11.1 Å². The van der Waals surface area contributed by atoms with Crippen LogP contribution in [-0.4, -0.2) is 22.2 Å². The zero-order valence-corrected chi connectivity index (χ0v) is 15.9. The number of amides is 1. The quantitative estimate of drug-likeness (QED) is 0.556. The molecule has 0 aliphatic carbocycles. The SMILES string of the molecule is CCC(=O)N1c2ccccc2-c2c(=O)[nH]c(SC)n[n+]2[C@@H]1c1ccsc1. The number of thiophene rings is 1. The lowest BCUT2D eigenvalue weighted by atomic mass is 10.0. The lowest BCUT2D eigenvalue weighted by molar-refractivity contribution is -0.763. The molecule has 0 bridgehead atoms. The summed E-state index contributed by atoms with van der Waals surface area (Å²) in [6, 6.07) is 9.46. The van der Waals surface area contributed by atoms with Gasteiger partial charge in [-0.05, 0) is 34.5 Å². The Morgan fingerprint density at radius 1 is 1.38 bits per heavy atom. The summed E-state index contributed by atoms with van der Waals surface area (Å²) in [5.74, 6) is -0.0143. The summed E-state index contributed by atoms with van der Waals surface area (Å²) in [7, 11) is 0. The first-order chi connectivity index (χ1) is 12.7. The number of nitrogens with one attached hydrogen (secondary N) is 1. The molecule has 0 fully saturated rings. The highest BCUT2D eigenvalue weighted by atomic mass is 32.2. The van der Waals surface area contributed by atoms with Crippen molar-refractivity contribution in [2.75, 3.05) is 11.2 Å². The molecule has 0 unspecified atom stereocenters. The molecule has 1 N–H and O–H groups in total. The molecular weight excluding hydrogens is 368 g/mol. The lowest BCUT2D eigenvalue weighted by Gasteiger charge is -2.31. The van der Waals surface area contributed by atoms with Gasteiger partial charge in [0.05, 0.1) is 16.8 Å². The predicted octanol–water partition coefficient (Wildman–Crippen LogP) is 2.81. The summed E-state index contributed by atoms with van der Waals surface area (Å²) < 4.78 is 1.68. The average Bonchev–Trinajstić information content (AvgIpc) is 3.20. The maximum atomic E-state index is 12.9. The Hall–Kier alpha value is -2.45. The van der Waals surface area contributed by atoms with Crippen molar-refractivity contribution in [3.63, 3.8) is 0 Å². The number of rotatable bonds is 3. The van der Waals surface area contributed by atoms with Crippen molar-refractivity contribution in [1.82, 2.24) is 10.1 Å². The van der Waals surface area contributed by atoms with Gasteiger partial charge in [-0.2, -0.15) is 11.3 Å². The summed E-state index contributed by atoms with van der Waals surface area (Å²) in [6.07, 6.45) is 1.74. The molecule has 1 amide bonds. The van der Waals surface area contributed by atoms with Gasteiger partial charge < -0.3 is 0 Å². The first-order valence-electron chi connectivity index (χ1n) is 8.19. The fourth-order valence-corrected chi connectivity index (χ4v) is 4.26. The van der Waals surface area contributed by atoms with Crippen LogP contribution in [0.4, 0.5) is 5.69 Å². The van der Waals surface area contributed by atoms with Crippen molar-refractivity contribution < 1.29 is 9.48 Å². The minimum atomic E-state index is -0.480. The molecule has 1 aliphatic rings. The number of anilines is 1. The van der Waals surface area contributed by atoms with Crippen LogP contribution in [0.3, 0.4) is 0 Å². The van der Waals surface area contributed by atoms with E-state index in [1.807, 2.05) is 54.3 Å². The maximum absolute atomic E-state index is 12.9. The van der Waals surface area contributed by atoms with Gasteiger partial charge in [0.1, 0.15) is 0 Å². The van der Waals surface area contributed by atoms with Gasteiger partial charge in [-0.15, -0.1) is 0 Å². The van der Waals surface area contributed by atoms with E-state index in [-0.39, 0.29) is 11.5 Å². The van der Waals surface area contributed by atoms with E-state index in [0.29, 0.717) is 22.8 Å². The third kappa shape index (κ3) is 2.57. The highest BCUT2D eigenvalue weighted by Crippen LogP contribution is 2.37. The number of hydrogen-bond donors (Lipinski definition) is 1. The Morgan fingerprint density at radius 2 is 2.19 bits per heavy atom. The largest absolute Gasteiger partial charge is 0.325 e. The first-order valence-corrected chi connectivity index (χ1v) is 10.4. The molecule has 8 heteroatoms. The molecule has 6 nitrogen and oxygen atoms in total. The van der Waals surface area contributed by atoms with Crippen LogP contribution >= 0.6 is 23.1 Å². The summed E-state index contributed by atoms with van der Waals surface area (Å²) in [4.78, 5) is 30.3. The predicted molar refractivity (Wildman–Crippen MR) is 103 cm³/mol. The molecule has 3 aromatic rings. The van der Waals surface area contributed by atoms with E-state index in [0.717, 1.165) is 11.3 Å². The van der Waals surface area contributed by atoms with Crippen LogP contribution in [0.5, 0.6) is 0 Å². The van der Waals surface area contributed by atoms with Gasteiger partial charge in [-0.3, -0.25) is 14.6 Å². The molecule has 1 aliphatic heterocycles. The van der Waals surface area contributed by atoms with E-state index in [2.05, 4.69) is 10.1 Å². The zero-order chi connectivity index (χ0) is 18.3. The van der Waals surface area contributed by atoms with Crippen molar-refractivity contribution in [3.8, 4) is 11.3 Å². The standard InChI is InChI=1S/C18H16N4O2S2/c1-3-14(23)21-13-7-5-4-6-12(13)15-16(24)19-18(25-2)20-22(15)17(21)11-8-9-26-10-11/h4-10,17H,3H2,1-2H3/p+1/t17-/m1/s1. The molecule has 0 spiro atoms. The van der Waals surface area contributed by atoms with Gasteiger partial charge in [0, 0.05) is 16.9 Å². The number of H-pyrrole nitrogens is 1. The molecule has 4 rings (SSSR count). The van der Waals surface area contributed by atoms with E-state index in [9.17, 15) is 9.59 Å². The molecule has 2 aromatic heterocycles. The summed E-state index contributed by atoms with van der Waals surface area (Å²) in [5, 5.41) is 9.11. The highest BCUT2D eigenvalue weighted by molar-refractivity contribution is 7.98. The Labute approximate surface area is 158 Å². The van der Waals surface area contributed by atoms with Crippen molar-refractivity contribution in [2.24, 2.45) is 0 Å². The van der Waals surface area contributed by atoms with Crippen LogP contribution in [-0.2, 0) is 4.79 Å². The van der Waals surface area contributed by atoms with E-state index < -0.39 is 6.17 Å². The van der Waals surface area contributed by atoms with Crippen molar-refractivity contribution >= 4 is 34.7 Å². The van der Waals surface area contributed by atoms with Crippen LogP contribution in [0.2, 0.25) is 0 Å². The van der Waals surface area contributed by atoms with E-state index in [1.165, 1.54) is 11.8 Å². The van der Waals surface area contributed by atoms with Crippen LogP contribution in [0.15, 0.2) is 51.0 Å². The van der Waals surface area contributed by atoms with Crippen LogP contribution < -0.4 is 15.1 Å². The van der Waals surface area contributed by atoms with E-state index in [4.69, 9.17) is 0 Å². The monoisotopic (exact) mass is 385 g/mol. The molecule has 26 heavy (non-hydrogen) atoms. The Bertz CT molecular complexity index is 1030. The third-order valence-electron chi connectivity index (χ3n) is 4.36. The minimum Gasteiger partial charge on any atom is -0.291 e. The van der Waals surface area contributed by atoms with Gasteiger partial charge in [-0.25, -0.2) is 4.90 Å². The van der Waals surface area contributed by atoms with E-state index >= 15 is 0 Å². The topological polar surface area (TPSA) is 69.9 Å². The van der Waals surface area contributed by atoms with Gasteiger partial charge in [0.25, 0.3) is 6.17 Å². The molecule has 1 atom stereocenters. The van der Waals surface area contributed by atoms with Crippen molar-refractivity contribution in [3.05, 3.63) is 57.0 Å². The average molecular weight is 385 g/mol. The number of benzene rings is 1. The number of carbonyl (C=O) groups excluding carboxylic acids is 1. The first kappa shape index (κ1) is 17.0. The normalized spacial score (nSPS) is 15.5. The number of fused-ring (bicyclic) bond motifs is 3. The number of aromatic amines is 1. The molecule has 0 saturated heterocycles. The van der Waals surface area contributed by atoms with Gasteiger partial charge in [0.15, 0.2) is 0 Å². The fourth-order valence-electron chi connectivity index (χ4n) is 3.23. The fraction of sp³-hybridized carbons (Fsp3) is 0.222. The molecular formula is C18H17N4O2S2+. The molecule has 132 valence electrons. The molecule has 0 saturated carbocycles. The molecule has 0 radical (unpaired) electrons. The van der Waals surface area contributed by atoms with Crippen LogP contribution in [0, 0.1) is 0 Å². The van der Waals surface area contributed by atoms with Crippen molar-refractivity contribution in [2.45, 2.75) is 24.7 Å². The number of nitrogens with zero attached hydrogens (tertiary/aromatic N) is 3. The number of para-hydroxylation sites is 1. The third-order valence-corrected chi connectivity index (χ3v) is 5.64. The number of hydrogen-bond acceptors (Lipinski definition) is 5. The van der Waals surface area contributed by atoms with Gasteiger partial charge >= 0.3 is 11.3 Å². The summed E-state index contributed by atoms with van der Waals surface area (Å²) >= 11 is 2.92. The highest BCUT2D eigenvalue weighted by Gasteiger charge is 2.45. The smallest absolute Gasteiger partial charge is 0.291 e.